The summed E-state index contributed by atoms with van der Waals surface area (Å²) in [6.45, 7) is 0. The van der Waals surface area contributed by atoms with E-state index in [1.165, 1.54) is 33.0 Å². The summed E-state index contributed by atoms with van der Waals surface area (Å²) in [5.41, 5.74) is 13.6. The van der Waals surface area contributed by atoms with Crippen LogP contribution in [0.4, 0.5) is 17.1 Å². The Hall–Kier alpha value is -7.36. The average molecular weight is 704 g/mol. The van der Waals surface area contributed by atoms with Gasteiger partial charge < -0.3 is 13.7 Å². The van der Waals surface area contributed by atoms with E-state index >= 15 is 0 Å². The minimum atomic E-state index is 0.858. The van der Waals surface area contributed by atoms with Crippen LogP contribution in [0.5, 0.6) is 0 Å². The molecule has 0 spiro atoms. The Kier molecular flexibility index (Phi) is 7.17. The van der Waals surface area contributed by atoms with Crippen molar-refractivity contribution in [2.24, 2.45) is 0 Å². The van der Waals surface area contributed by atoms with Gasteiger partial charge in [-0.25, -0.2) is 0 Å². The third-order valence-corrected chi connectivity index (χ3v) is 10.9. The first-order valence-corrected chi connectivity index (χ1v) is 18.7. The van der Waals surface area contributed by atoms with Crippen molar-refractivity contribution in [3.05, 3.63) is 200 Å². The average Bonchev–Trinajstić information content (AvgIpc) is 3.82. The number of anilines is 3. The van der Waals surface area contributed by atoms with Gasteiger partial charge in [-0.2, -0.15) is 0 Å². The second-order valence-corrected chi connectivity index (χ2v) is 14.1. The fraction of sp³-hybridized carbons (Fsp3) is 0. The van der Waals surface area contributed by atoms with Crippen LogP contribution in [0.2, 0.25) is 0 Å². The lowest BCUT2D eigenvalue weighted by Crippen LogP contribution is -2.10. The standard InChI is InChI=1S/C52H33NO2/c1-2-12-34(13-3-1)35-24-26-38(27-25-35)53(40-28-29-44-43-19-6-8-22-47(43)55-50(44)33-40)39-17-10-16-37(32-39)42-30-31-49-52(46-20-7-9-23-48(46)54-49)51(42)45-21-11-15-36-14-4-5-18-41(36)45/h1-33H. The van der Waals surface area contributed by atoms with Crippen LogP contribution < -0.4 is 4.90 Å². The molecule has 0 N–H and O–H groups in total. The first-order chi connectivity index (χ1) is 27.3. The van der Waals surface area contributed by atoms with Gasteiger partial charge in [0.15, 0.2) is 0 Å². The maximum Gasteiger partial charge on any atom is 0.137 e. The molecule has 258 valence electrons. The van der Waals surface area contributed by atoms with Gasteiger partial charge in [-0.3, -0.25) is 0 Å². The van der Waals surface area contributed by atoms with Crippen LogP contribution in [0, 0.1) is 0 Å². The molecule has 3 heteroatoms. The lowest BCUT2D eigenvalue weighted by atomic mass is 9.88. The molecule has 0 radical (unpaired) electrons. The number of hydrogen-bond donors (Lipinski definition) is 0. The summed E-state index contributed by atoms with van der Waals surface area (Å²) >= 11 is 0. The topological polar surface area (TPSA) is 29.5 Å². The Labute approximate surface area is 317 Å². The van der Waals surface area contributed by atoms with Crippen molar-refractivity contribution in [2.45, 2.75) is 0 Å². The lowest BCUT2D eigenvalue weighted by Gasteiger charge is -2.26. The molecule has 11 aromatic rings. The summed E-state index contributed by atoms with van der Waals surface area (Å²) in [5, 5.41) is 6.87. The van der Waals surface area contributed by atoms with E-state index in [4.69, 9.17) is 8.83 Å². The van der Waals surface area contributed by atoms with Gasteiger partial charge in [-0.1, -0.05) is 140 Å². The van der Waals surface area contributed by atoms with E-state index in [1.54, 1.807) is 0 Å². The summed E-state index contributed by atoms with van der Waals surface area (Å²) < 4.78 is 12.9. The fourth-order valence-electron chi connectivity index (χ4n) is 8.33. The second-order valence-electron chi connectivity index (χ2n) is 14.1. The van der Waals surface area contributed by atoms with E-state index < -0.39 is 0 Å². The number of rotatable bonds is 6. The van der Waals surface area contributed by atoms with Crippen LogP contribution in [0.15, 0.2) is 209 Å². The molecule has 0 atom stereocenters. The molecule has 0 bridgehead atoms. The summed E-state index contributed by atoms with van der Waals surface area (Å²) in [7, 11) is 0. The summed E-state index contributed by atoms with van der Waals surface area (Å²) in [5.74, 6) is 0. The van der Waals surface area contributed by atoms with Gasteiger partial charge >= 0.3 is 0 Å². The Balaban J connectivity index is 1.13. The maximum atomic E-state index is 6.48. The first-order valence-electron chi connectivity index (χ1n) is 18.7. The van der Waals surface area contributed by atoms with Crippen molar-refractivity contribution in [1.82, 2.24) is 0 Å². The van der Waals surface area contributed by atoms with Gasteiger partial charge in [-0.15, -0.1) is 0 Å². The van der Waals surface area contributed by atoms with Crippen molar-refractivity contribution >= 4 is 71.7 Å². The molecule has 0 fully saturated rings. The third kappa shape index (κ3) is 5.20. The summed E-state index contributed by atoms with van der Waals surface area (Å²) in [6, 6.07) is 71.0. The molecule has 0 aliphatic carbocycles. The number of benzene rings is 9. The van der Waals surface area contributed by atoms with Gasteiger partial charge in [0.1, 0.15) is 22.3 Å². The zero-order valence-electron chi connectivity index (χ0n) is 29.8. The van der Waals surface area contributed by atoms with E-state index in [9.17, 15) is 0 Å². The largest absolute Gasteiger partial charge is 0.456 e. The van der Waals surface area contributed by atoms with Crippen LogP contribution in [0.1, 0.15) is 0 Å². The van der Waals surface area contributed by atoms with Gasteiger partial charge in [0.25, 0.3) is 0 Å². The molecule has 2 aromatic heterocycles. The smallest absolute Gasteiger partial charge is 0.137 e. The van der Waals surface area contributed by atoms with Crippen molar-refractivity contribution < 1.29 is 8.83 Å². The second kappa shape index (κ2) is 12.6. The number of furan rings is 2. The highest BCUT2D eigenvalue weighted by Gasteiger charge is 2.21. The minimum absolute atomic E-state index is 0.858. The molecule has 0 unspecified atom stereocenters. The highest BCUT2D eigenvalue weighted by molar-refractivity contribution is 6.19. The molecule has 0 aliphatic rings. The Morgan fingerprint density at radius 1 is 0.309 bits per heavy atom. The highest BCUT2D eigenvalue weighted by atomic mass is 16.3. The Morgan fingerprint density at radius 3 is 1.76 bits per heavy atom. The highest BCUT2D eigenvalue weighted by Crippen LogP contribution is 2.46. The fourth-order valence-corrected chi connectivity index (χ4v) is 8.33. The molecule has 55 heavy (non-hydrogen) atoms. The maximum absolute atomic E-state index is 6.48. The summed E-state index contributed by atoms with van der Waals surface area (Å²) in [4.78, 5) is 2.33. The van der Waals surface area contributed by atoms with Crippen molar-refractivity contribution in [1.29, 1.82) is 0 Å². The van der Waals surface area contributed by atoms with Crippen LogP contribution >= 0.6 is 0 Å². The molecule has 0 saturated heterocycles. The van der Waals surface area contributed by atoms with E-state index in [0.29, 0.717) is 0 Å². The van der Waals surface area contributed by atoms with Crippen molar-refractivity contribution in [3.63, 3.8) is 0 Å². The van der Waals surface area contributed by atoms with Gasteiger partial charge in [0.05, 0.1) is 0 Å². The zero-order chi connectivity index (χ0) is 36.3. The predicted octanol–water partition coefficient (Wildman–Crippen LogP) is 15.1. The Bertz CT molecular complexity index is 3200. The van der Waals surface area contributed by atoms with Gasteiger partial charge in [0, 0.05) is 50.2 Å². The van der Waals surface area contributed by atoms with Crippen molar-refractivity contribution in [2.75, 3.05) is 4.90 Å². The third-order valence-electron chi connectivity index (χ3n) is 10.9. The molecule has 3 nitrogen and oxygen atoms in total. The van der Waals surface area contributed by atoms with Crippen LogP contribution in [0.3, 0.4) is 0 Å². The normalized spacial score (nSPS) is 11.6. The minimum Gasteiger partial charge on any atom is -0.456 e. The number of para-hydroxylation sites is 2. The Morgan fingerprint density at radius 2 is 0.909 bits per heavy atom. The van der Waals surface area contributed by atoms with E-state index in [0.717, 1.165) is 72.1 Å². The number of hydrogen-bond acceptors (Lipinski definition) is 3. The SMILES string of the molecule is c1ccc(-c2ccc(N(c3cccc(-c4ccc5oc6ccccc6c5c4-c4cccc5ccccc45)c3)c3ccc4c(c3)oc3ccccc34)cc2)cc1. The lowest BCUT2D eigenvalue weighted by molar-refractivity contribution is 0.668. The van der Waals surface area contributed by atoms with Crippen molar-refractivity contribution in [3.8, 4) is 33.4 Å². The molecular weight excluding hydrogens is 671 g/mol. The molecule has 0 aliphatic heterocycles. The van der Waals surface area contributed by atoms with Gasteiger partial charge in [0.2, 0.25) is 0 Å². The first kappa shape index (κ1) is 31.2. The molecule has 0 amide bonds. The van der Waals surface area contributed by atoms with E-state index in [2.05, 4.69) is 187 Å². The molecular formula is C52H33NO2. The van der Waals surface area contributed by atoms with E-state index in [-0.39, 0.29) is 0 Å². The molecule has 9 aromatic carbocycles. The zero-order valence-corrected chi connectivity index (χ0v) is 29.8. The van der Waals surface area contributed by atoms with Crippen LogP contribution in [-0.4, -0.2) is 0 Å². The quantitative estimate of drug-likeness (QED) is 0.173. The van der Waals surface area contributed by atoms with Crippen LogP contribution in [0.25, 0.3) is 88.0 Å². The summed E-state index contributed by atoms with van der Waals surface area (Å²) in [6.07, 6.45) is 0. The molecule has 0 saturated carbocycles. The predicted molar refractivity (Wildman–Crippen MR) is 229 cm³/mol. The van der Waals surface area contributed by atoms with Crippen LogP contribution in [-0.2, 0) is 0 Å². The molecule has 11 rings (SSSR count). The van der Waals surface area contributed by atoms with E-state index in [1.807, 2.05) is 18.2 Å². The van der Waals surface area contributed by atoms with Gasteiger partial charge in [-0.05, 0) is 93.2 Å². The number of fused-ring (bicyclic) bond motifs is 7. The molecule has 2 heterocycles. The monoisotopic (exact) mass is 703 g/mol. The number of nitrogens with zero attached hydrogens (tertiary/aromatic N) is 1.